The maximum Gasteiger partial charge on any atom is 0.252 e. The van der Waals surface area contributed by atoms with Crippen molar-refractivity contribution in [2.75, 3.05) is 63.4 Å². The lowest BCUT2D eigenvalue weighted by Gasteiger charge is -2.26. The molecule has 0 bridgehead atoms. The first-order valence-electron chi connectivity index (χ1n) is 22.9. The number of aromatic nitrogens is 2. The van der Waals surface area contributed by atoms with E-state index in [1.165, 1.54) is 34.1 Å². The molecule has 4 amide bonds. The van der Waals surface area contributed by atoms with Crippen LogP contribution >= 0.6 is 0 Å². The van der Waals surface area contributed by atoms with Gasteiger partial charge in [-0.2, -0.15) is 0 Å². The number of aromatic amines is 2. The van der Waals surface area contributed by atoms with Crippen molar-refractivity contribution in [3.05, 3.63) is 127 Å². The van der Waals surface area contributed by atoms with E-state index >= 15 is 0 Å². The summed E-state index contributed by atoms with van der Waals surface area (Å²) in [6.07, 6.45) is 0.412. The molecule has 4 heterocycles. The number of amides is 4. The Morgan fingerprint density at radius 3 is 1.34 bits per heavy atom. The summed E-state index contributed by atoms with van der Waals surface area (Å²) in [5, 5.41) is 11.3. The minimum atomic E-state index is -1.13. The molecular formula is C52H60F2N8O8. The fourth-order valence-electron chi connectivity index (χ4n) is 8.20. The van der Waals surface area contributed by atoms with Crippen molar-refractivity contribution in [2.45, 2.75) is 89.4 Å². The lowest BCUT2D eigenvalue weighted by atomic mass is 9.91. The third kappa shape index (κ3) is 12.6. The number of fused-ring (bicyclic) bond motifs is 2. The molecular weight excluding hydrogens is 903 g/mol. The first-order chi connectivity index (χ1) is 33.2. The summed E-state index contributed by atoms with van der Waals surface area (Å²) in [6.45, 7) is 10.6. The van der Waals surface area contributed by atoms with Gasteiger partial charge in [-0.3, -0.25) is 28.8 Å². The second-order valence-electron chi connectivity index (χ2n) is 18.8. The Kier molecular flexibility index (Phi) is 17.0. The monoisotopic (exact) mass is 962 g/mol. The van der Waals surface area contributed by atoms with Crippen molar-refractivity contribution >= 4 is 35.0 Å². The molecule has 0 unspecified atom stereocenters. The lowest BCUT2D eigenvalue weighted by molar-refractivity contribution is -0.129. The first kappa shape index (κ1) is 52.4. The van der Waals surface area contributed by atoms with E-state index in [4.69, 9.17) is 9.47 Å². The number of H-pyrrole nitrogens is 2. The summed E-state index contributed by atoms with van der Waals surface area (Å²) in [4.78, 5) is 90.1. The molecule has 2 aliphatic heterocycles. The first-order valence-corrected chi connectivity index (χ1v) is 22.9. The van der Waals surface area contributed by atoms with Gasteiger partial charge in [0.1, 0.15) is 36.9 Å². The third-order valence-electron chi connectivity index (χ3n) is 12.4. The number of carbonyl (C=O) groups is 4. The maximum atomic E-state index is 14.3. The Labute approximate surface area is 405 Å². The smallest absolute Gasteiger partial charge is 0.252 e. The van der Waals surface area contributed by atoms with Gasteiger partial charge in [0.25, 0.3) is 22.9 Å². The Balaban J connectivity index is 1.09. The van der Waals surface area contributed by atoms with Gasteiger partial charge < -0.3 is 50.5 Å². The number of hydrogen-bond donors (Lipinski definition) is 6. The second kappa shape index (κ2) is 22.6. The van der Waals surface area contributed by atoms with Crippen molar-refractivity contribution in [3.63, 3.8) is 0 Å². The van der Waals surface area contributed by atoms with Gasteiger partial charge in [0.2, 0.25) is 11.8 Å². The minimum absolute atomic E-state index is 0.148. The van der Waals surface area contributed by atoms with E-state index in [0.717, 1.165) is 0 Å². The van der Waals surface area contributed by atoms with Crippen LogP contribution in [0.5, 0.6) is 0 Å². The molecule has 70 heavy (non-hydrogen) atoms. The summed E-state index contributed by atoms with van der Waals surface area (Å²) in [5.74, 6) is 8.29. The summed E-state index contributed by atoms with van der Waals surface area (Å²) in [6, 6.07) is 11.5. The van der Waals surface area contributed by atoms with Crippen LogP contribution in [0.3, 0.4) is 0 Å². The van der Waals surface area contributed by atoms with E-state index in [2.05, 4.69) is 54.9 Å². The number of nitrogens with zero attached hydrogens (tertiary/aromatic N) is 2. The number of rotatable bonds is 18. The SMILES string of the molecule is CN[C@@H](C)C(=O)N[C@@H](COCC#CC#CCOC[C@H](NC(=O)[C@H](C)NC)C(=O)N1CC(C)(C)c2[nH]c(=O)c(Cc3ccc(F)cc3)cc21)C(=O)N1CC(C)(C)c2[nH]c(=O)c(Cc3ccc(F)cc3)cc21. The average molecular weight is 963 g/mol. The summed E-state index contributed by atoms with van der Waals surface area (Å²) in [7, 11) is 3.24. The van der Waals surface area contributed by atoms with Gasteiger partial charge in [0, 0.05) is 59.3 Å². The van der Waals surface area contributed by atoms with E-state index in [9.17, 15) is 37.5 Å². The number of halogens is 2. The van der Waals surface area contributed by atoms with Crippen LogP contribution in [0.2, 0.25) is 0 Å². The zero-order chi connectivity index (χ0) is 50.9. The van der Waals surface area contributed by atoms with E-state index in [0.29, 0.717) is 45.0 Å². The summed E-state index contributed by atoms with van der Waals surface area (Å²) < 4.78 is 38.7. The van der Waals surface area contributed by atoms with Gasteiger partial charge in [-0.25, -0.2) is 8.78 Å². The average Bonchev–Trinajstić information content (AvgIpc) is 3.74. The van der Waals surface area contributed by atoms with Crippen LogP contribution in [-0.4, -0.2) is 111 Å². The second-order valence-corrected chi connectivity index (χ2v) is 18.8. The molecule has 0 saturated heterocycles. The third-order valence-corrected chi connectivity index (χ3v) is 12.4. The highest BCUT2D eigenvalue weighted by molar-refractivity contribution is 6.02. The number of benzene rings is 2. The van der Waals surface area contributed by atoms with E-state index < -0.39 is 70.3 Å². The van der Waals surface area contributed by atoms with E-state index in [1.807, 2.05) is 27.7 Å². The molecule has 2 aliphatic rings. The van der Waals surface area contributed by atoms with Crippen molar-refractivity contribution < 1.29 is 37.4 Å². The highest BCUT2D eigenvalue weighted by Gasteiger charge is 2.43. The Bertz CT molecular complexity index is 2650. The summed E-state index contributed by atoms with van der Waals surface area (Å²) in [5.41, 5.74) is 2.43. The largest absolute Gasteiger partial charge is 0.366 e. The molecule has 0 aliphatic carbocycles. The molecule has 2 aromatic carbocycles. The van der Waals surface area contributed by atoms with E-state index in [1.54, 1.807) is 64.3 Å². The van der Waals surface area contributed by atoms with Crippen LogP contribution in [0.4, 0.5) is 20.2 Å². The molecule has 2 aromatic heterocycles. The van der Waals surface area contributed by atoms with Crippen LogP contribution in [0.1, 0.15) is 75.2 Å². The fourth-order valence-corrected chi connectivity index (χ4v) is 8.20. The Hall–Kier alpha value is -6.96. The zero-order valence-electron chi connectivity index (χ0n) is 40.7. The van der Waals surface area contributed by atoms with Crippen molar-refractivity contribution in [2.24, 2.45) is 0 Å². The van der Waals surface area contributed by atoms with Crippen LogP contribution in [0.15, 0.2) is 70.3 Å². The molecule has 6 rings (SSSR count). The van der Waals surface area contributed by atoms with Gasteiger partial charge in [-0.1, -0.05) is 63.8 Å². The molecule has 6 N–H and O–H groups in total. The number of carbonyl (C=O) groups excluding carboxylic acids is 4. The van der Waals surface area contributed by atoms with Gasteiger partial charge in [-0.15, -0.1) is 0 Å². The number of pyridine rings is 2. The van der Waals surface area contributed by atoms with E-state index in [-0.39, 0.29) is 63.5 Å². The highest BCUT2D eigenvalue weighted by Crippen LogP contribution is 2.40. The van der Waals surface area contributed by atoms with Gasteiger partial charge in [-0.05, 0) is 87.3 Å². The number of hydrogen-bond acceptors (Lipinski definition) is 10. The molecule has 0 radical (unpaired) electrons. The molecule has 18 heteroatoms. The normalized spacial score (nSPS) is 15.8. The van der Waals surface area contributed by atoms with Crippen molar-refractivity contribution in [1.29, 1.82) is 0 Å². The predicted octanol–water partition coefficient (Wildman–Crippen LogP) is 2.70. The molecule has 4 aromatic rings. The lowest BCUT2D eigenvalue weighted by Crippen LogP contribution is -2.54. The Morgan fingerprint density at radius 1 is 0.643 bits per heavy atom. The van der Waals surface area contributed by atoms with Crippen LogP contribution in [-0.2, 0) is 52.3 Å². The number of likely N-dealkylation sites (N-methyl/N-ethyl adjacent to an activating group) is 2. The van der Waals surface area contributed by atoms with Crippen LogP contribution in [0, 0.1) is 35.3 Å². The molecule has 0 saturated carbocycles. The van der Waals surface area contributed by atoms with Crippen LogP contribution < -0.4 is 42.2 Å². The molecule has 0 spiro atoms. The summed E-state index contributed by atoms with van der Waals surface area (Å²) >= 11 is 0. The fraction of sp³-hybridized carbons (Fsp3) is 0.423. The van der Waals surface area contributed by atoms with Gasteiger partial charge in [0.05, 0.1) is 36.7 Å². The molecule has 4 atom stereocenters. The maximum absolute atomic E-state index is 14.3. The van der Waals surface area contributed by atoms with Crippen molar-refractivity contribution in [1.82, 2.24) is 31.2 Å². The molecule has 16 nitrogen and oxygen atoms in total. The highest BCUT2D eigenvalue weighted by atomic mass is 19.1. The van der Waals surface area contributed by atoms with Crippen LogP contribution in [0.25, 0.3) is 0 Å². The minimum Gasteiger partial charge on any atom is -0.366 e. The van der Waals surface area contributed by atoms with Gasteiger partial charge >= 0.3 is 0 Å². The topological polar surface area (TPSA) is 207 Å². The molecule has 0 fully saturated rings. The van der Waals surface area contributed by atoms with Gasteiger partial charge in [0.15, 0.2) is 0 Å². The predicted molar refractivity (Wildman–Crippen MR) is 261 cm³/mol. The standard InChI is InChI=1S/C52H60F2N8O8/c1-31(55-7)45(63)57-39(49(67)61-29-51(3,4)43-41(61)25-35(47(65)59-43)23-33-13-17-37(53)18-14-33)27-69-21-11-9-10-12-22-70-28-40(58-46(64)32(2)56-8)50(68)62-30-52(5,6)44-42(62)26-36(48(66)60-44)24-34-15-19-38(54)20-16-34/h13-20,25-26,31-32,39-40,55-56H,21-24,27-30H2,1-8H3,(H,57,63)(H,58,64)(H,59,65)(H,60,66)/t31-,32-,39-,40-/m0/s1. The Morgan fingerprint density at radius 2 is 1.00 bits per heavy atom. The van der Waals surface area contributed by atoms with Crippen molar-refractivity contribution in [3.8, 4) is 23.7 Å². The molecule has 370 valence electrons. The number of ether oxygens (including phenoxy) is 2. The number of anilines is 2. The number of nitrogens with one attached hydrogen (secondary N) is 6. The zero-order valence-corrected chi connectivity index (χ0v) is 40.7. The quantitative estimate of drug-likeness (QED) is 0.0636.